The van der Waals surface area contributed by atoms with Gasteiger partial charge in [-0.3, -0.25) is 0 Å². The average molecular weight is 235 g/mol. The predicted molar refractivity (Wildman–Crippen MR) is 77.1 cm³/mol. The zero-order valence-electron chi connectivity index (χ0n) is 10.6. The van der Waals surface area contributed by atoms with Crippen LogP contribution in [-0.4, -0.2) is 5.54 Å². The fourth-order valence-corrected chi connectivity index (χ4v) is 2.68. The number of hydrogen-bond acceptors (Lipinski definition) is 1. The third-order valence-corrected chi connectivity index (χ3v) is 3.61. The van der Waals surface area contributed by atoms with E-state index in [4.69, 9.17) is 5.73 Å². The lowest BCUT2D eigenvalue weighted by atomic mass is 9.76. The zero-order valence-corrected chi connectivity index (χ0v) is 10.6. The first-order valence-corrected chi connectivity index (χ1v) is 6.31. The van der Waals surface area contributed by atoms with Gasteiger partial charge < -0.3 is 5.73 Å². The van der Waals surface area contributed by atoms with Gasteiger partial charge in [-0.1, -0.05) is 54.6 Å². The van der Waals surface area contributed by atoms with Gasteiger partial charge >= 0.3 is 0 Å². The van der Waals surface area contributed by atoms with Gasteiger partial charge in [0.05, 0.1) is 0 Å². The Morgan fingerprint density at radius 3 is 2.39 bits per heavy atom. The van der Waals surface area contributed by atoms with E-state index in [0.29, 0.717) is 0 Å². The molecule has 0 heterocycles. The Labute approximate surface area is 108 Å². The molecule has 0 radical (unpaired) electrons. The van der Waals surface area contributed by atoms with Gasteiger partial charge in [-0.2, -0.15) is 0 Å². The van der Waals surface area contributed by atoms with Crippen molar-refractivity contribution in [2.24, 2.45) is 5.73 Å². The maximum Gasteiger partial charge on any atom is 0.0428 e. The summed E-state index contributed by atoms with van der Waals surface area (Å²) in [6.07, 6.45) is 3.12. The van der Waals surface area contributed by atoms with Crippen LogP contribution in [0, 0.1) is 0 Å². The smallest absolute Gasteiger partial charge is 0.0428 e. The van der Waals surface area contributed by atoms with E-state index in [1.165, 1.54) is 22.3 Å². The molecule has 2 N–H and O–H groups in total. The summed E-state index contributed by atoms with van der Waals surface area (Å²) >= 11 is 0. The van der Waals surface area contributed by atoms with Crippen LogP contribution in [0.3, 0.4) is 0 Å². The van der Waals surface area contributed by atoms with Crippen LogP contribution < -0.4 is 5.73 Å². The summed E-state index contributed by atoms with van der Waals surface area (Å²) < 4.78 is 0. The number of rotatable bonds is 1. The summed E-state index contributed by atoms with van der Waals surface area (Å²) in [5.41, 5.74) is 11.3. The normalized spacial score (nSPS) is 22.2. The lowest BCUT2D eigenvalue weighted by Gasteiger charge is -2.33. The third kappa shape index (κ3) is 1.87. The van der Waals surface area contributed by atoms with Crippen molar-refractivity contribution < 1.29 is 0 Å². The molecule has 0 aromatic heterocycles. The van der Waals surface area contributed by atoms with Crippen molar-refractivity contribution >= 4 is 11.6 Å². The highest BCUT2D eigenvalue weighted by Crippen LogP contribution is 2.35. The Hall–Kier alpha value is -1.86. The summed E-state index contributed by atoms with van der Waals surface area (Å²) in [7, 11) is 0. The van der Waals surface area contributed by atoms with Gasteiger partial charge in [0, 0.05) is 5.54 Å². The van der Waals surface area contributed by atoms with Gasteiger partial charge in [-0.05, 0) is 41.7 Å². The molecule has 2 aromatic carbocycles. The predicted octanol–water partition coefficient (Wildman–Crippen LogP) is 3.50. The second kappa shape index (κ2) is 4.11. The summed E-state index contributed by atoms with van der Waals surface area (Å²) in [5.74, 6) is 0. The van der Waals surface area contributed by atoms with E-state index in [-0.39, 0.29) is 5.54 Å². The van der Waals surface area contributed by atoms with Crippen molar-refractivity contribution in [3.63, 3.8) is 0 Å². The Bertz CT molecular complexity index is 594. The molecule has 90 valence electrons. The monoisotopic (exact) mass is 235 g/mol. The first-order valence-electron chi connectivity index (χ1n) is 6.31. The summed E-state index contributed by atoms with van der Waals surface area (Å²) in [6, 6.07) is 18.9. The van der Waals surface area contributed by atoms with Crippen LogP contribution in [0.5, 0.6) is 0 Å². The van der Waals surface area contributed by atoms with E-state index < -0.39 is 0 Å². The highest BCUT2D eigenvalue weighted by atomic mass is 14.7. The molecule has 18 heavy (non-hydrogen) atoms. The first kappa shape index (κ1) is 11.2. The van der Waals surface area contributed by atoms with Gasteiger partial charge in [0.2, 0.25) is 0 Å². The van der Waals surface area contributed by atoms with Gasteiger partial charge in [0.15, 0.2) is 0 Å². The van der Waals surface area contributed by atoms with E-state index in [0.717, 1.165) is 6.42 Å². The number of fused-ring (bicyclic) bond motifs is 1. The first-order chi connectivity index (χ1) is 8.67. The highest BCUT2D eigenvalue weighted by Gasteiger charge is 2.29. The van der Waals surface area contributed by atoms with Crippen LogP contribution >= 0.6 is 0 Å². The molecule has 1 heteroatoms. The molecule has 0 saturated carbocycles. The van der Waals surface area contributed by atoms with Crippen molar-refractivity contribution in [1.29, 1.82) is 0 Å². The van der Waals surface area contributed by atoms with E-state index in [1.807, 2.05) is 6.07 Å². The second-order valence-corrected chi connectivity index (χ2v) is 5.22. The van der Waals surface area contributed by atoms with Crippen molar-refractivity contribution in [2.75, 3.05) is 0 Å². The molecule has 0 bridgehead atoms. The second-order valence-electron chi connectivity index (χ2n) is 5.22. The molecule has 1 unspecified atom stereocenters. The van der Waals surface area contributed by atoms with Crippen molar-refractivity contribution in [3.8, 4) is 0 Å². The van der Waals surface area contributed by atoms with Crippen LogP contribution in [0.1, 0.15) is 23.6 Å². The van der Waals surface area contributed by atoms with Crippen LogP contribution in [0.4, 0.5) is 0 Å². The molecule has 0 saturated heterocycles. The van der Waals surface area contributed by atoms with Crippen LogP contribution in [0.15, 0.2) is 54.6 Å². The minimum absolute atomic E-state index is 0.296. The summed E-state index contributed by atoms with van der Waals surface area (Å²) in [6.45, 7) is 2.11. The van der Waals surface area contributed by atoms with E-state index >= 15 is 0 Å². The maximum absolute atomic E-state index is 6.50. The van der Waals surface area contributed by atoms with Crippen molar-refractivity contribution in [3.05, 3.63) is 71.3 Å². The number of benzene rings is 2. The average Bonchev–Trinajstić information content (AvgIpc) is 2.38. The van der Waals surface area contributed by atoms with Crippen molar-refractivity contribution in [2.45, 2.75) is 18.9 Å². The SMILES string of the molecule is CC1(N)Cc2ccccc2C=C1c1ccccc1. The quantitative estimate of drug-likeness (QED) is 0.804. The molecule has 0 spiro atoms. The molecule has 1 atom stereocenters. The molecule has 1 aliphatic rings. The number of nitrogens with two attached hydrogens (primary N) is 1. The molecular formula is C17H17N. The van der Waals surface area contributed by atoms with E-state index in [1.54, 1.807) is 0 Å². The number of hydrogen-bond donors (Lipinski definition) is 1. The highest BCUT2D eigenvalue weighted by molar-refractivity contribution is 5.89. The largest absolute Gasteiger partial charge is 0.321 e. The fraction of sp³-hybridized carbons (Fsp3) is 0.176. The van der Waals surface area contributed by atoms with Crippen LogP contribution in [0.2, 0.25) is 0 Å². The minimum atomic E-state index is -0.296. The van der Waals surface area contributed by atoms with E-state index in [9.17, 15) is 0 Å². The summed E-state index contributed by atoms with van der Waals surface area (Å²) in [4.78, 5) is 0. The molecular weight excluding hydrogens is 218 g/mol. The Morgan fingerprint density at radius 2 is 1.61 bits per heavy atom. The lowest BCUT2D eigenvalue weighted by molar-refractivity contribution is 0.597. The molecule has 0 fully saturated rings. The Morgan fingerprint density at radius 1 is 0.944 bits per heavy atom. The van der Waals surface area contributed by atoms with Crippen molar-refractivity contribution in [1.82, 2.24) is 0 Å². The maximum atomic E-state index is 6.50. The van der Waals surface area contributed by atoms with E-state index in [2.05, 4.69) is 61.5 Å². The Balaban J connectivity index is 2.16. The van der Waals surface area contributed by atoms with Crippen LogP contribution in [0.25, 0.3) is 11.6 Å². The van der Waals surface area contributed by atoms with Gasteiger partial charge in [-0.15, -0.1) is 0 Å². The molecule has 1 aliphatic carbocycles. The zero-order chi connectivity index (χ0) is 12.6. The third-order valence-electron chi connectivity index (χ3n) is 3.61. The summed E-state index contributed by atoms with van der Waals surface area (Å²) in [5, 5.41) is 0. The molecule has 0 amide bonds. The molecule has 1 nitrogen and oxygen atoms in total. The van der Waals surface area contributed by atoms with Crippen LogP contribution in [-0.2, 0) is 6.42 Å². The molecule has 2 aromatic rings. The van der Waals surface area contributed by atoms with Gasteiger partial charge in [-0.25, -0.2) is 0 Å². The van der Waals surface area contributed by atoms with Gasteiger partial charge in [0.1, 0.15) is 0 Å². The fourth-order valence-electron chi connectivity index (χ4n) is 2.68. The topological polar surface area (TPSA) is 26.0 Å². The molecule has 3 rings (SSSR count). The molecule has 0 aliphatic heterocycles. The lowest BCUT2D eigenvalue weighted by Crippen LogP contribution is -2.41. The standard InChI is InChI=1S/C17H17N/c1-17(18)12-15-10-6-5-9-14(15)11-16(17)13-7-3-2-4-8-13/h2-11H,12,18H2,1H3. The van der Waals surface area contributed by atoms with Gasteiger partial charge in [0.25, 0.3) is 0 Å². The minimum Gasteiger partial charge on any atom is -0.321 e. The Kier molecular flexibility index (Phi) is 2.57.